The lowest BCUT2D eigenvalue weighted by atomic mass is 9.87. The number of hydrogen-bond donors (Lipinski definition) is 1. The Hall–Kier alpha value is -3.06. The van der Waals surface area contributed by atoms with E-state index in [0.29, 0.717) is 22.1 Å². The second kappa shape index (κ2) is 7.90. The number of nitrogens with one attached hydrogen (secondary N) is 1. The van der Waals surface area contributed by atoms with Crippen molar-refractivity contribution >= 4 is 39.0 Å². The molecule has 0 saturated carbocycles. The summed E-state index contributed by atoms with van der Waals surface area (Å²) >= 11 is 1.34. The Labute approximate surface area is 167 Å². The van der Waals surface area contributed by atoms with Crippen molar-refractivity contribution in [1.82, 2.24) is 0 Å². The van der Waals surface area contributed by atoms with Crippen molar-refractivity contribution in [1.29, 1.82) is 0 Å². The van der Waals surface area contributed by atoms with Crippen molar-refractivity contribution in [3.05, 3.63) is 53.4 Å². The van der Waals surface area contributed by atoms with E-state index >= 15 is 0 Å². The number of para-hydroxylation sites is 1. The fraction of sp³-hybridized carbons (Fsp3) is 0.238. The maximum absolute atomic E-state index is 13.1. The van der Waals surface area contributed by atoms with Crippen LogP contribution in [0.3, 0.4) is 0 Å². The number of esters is 1. The standard InChI is InChI=1S/C21H21NO5S/c1-21(20(24)27-4,19(23)22-14-8-6-5-7-9-14)18-11-13-10-15(25-2)16(26-3)12-17(13)28-18/h5-12H,1-4H3,(H,22,23). The predicted molar refractivity (Wildman–Crippen MR) is 109 cm³/mol. The third-order valence-corrected chi connectivity index (χ3v) is 5.91. The summed E-state index contributed by atoms with van der Waals surface area (Å²) in [6.07, 6.45) is 0. The monoisotopic (exact) mass is 399 g/mol. The SMILES string of the molecule is COC(=O)C(C)(C(=O)Nc1ccccc1)c1cc2cc(OC)c(OC)cc2s1. The minimum Gasteiger partial charge on any atom is -0.493 e. The highest BCUT2D eigenvalue weighted by Crippen LogP contribution is 2.41. The Morgan fingerprint density at radius 1 is 0.964 bits per heavy atom. The molecule has 0 fully saturated rings. The molecule has 1 amide bonds. The fourth-order valence-electron chi connectivity index (χ4n) is 2.90. The van der Waals surface area contributed by atoms with E-state index < -0.39 is 17.3 Å². The maximum atomic E-state index is 13.1. The number of carbonyl (C=O) groups is 2. The highest BCUT2D eigenvalue weighted by molar-refractivity contribution is 7.19. The number of hydrogen-bond acceptors (Lipinski definition) is 6. The van der Waals surface area contributed by atoms with Gasteiger partial charge in [0.1, 0.15) is 0 Å². The van der Waals surface area contributed by atoms with Gasteiger partial charge in [-0.2, -0.15) is 0 Å². The summed E-state index contributed by atoms with van der Waals surface area (Å²) in [5, 5.41) is 3.65. The highest BCUT2D eigenvalue weighted by atomic mass is 32.1. The first-order chi connectivity index (χ1) is 13.4. The van der Waals surface area contributed by atoms with Gasteiger partial charge in [0, 0.05) is 21.3 Å². The first kappa shape index (κ1) is 19.7. The lowest BCUT2D eigenvalue weighted by Gasteiger charge is -2.24. The van der Waals surface area contributed by atoms with E-state index in [2.05, 4.69) is 5.32 Å². The lowest BCUT2D eigenvalue weighted by molar-refractivity contribution is -0.150. The number of fused-ring (bicyclic) bond motifs is 1. The summed E-state index contributed by atoms with van der Waals surface area (Å²) in [6.45, 7) is 1.57. The Kier molecular flexibility index (Phi) is 5.56. The molecular weight excluding hydrogens is 378 g/mol. The van der Waals surface area contributed by atoms with E-state index in [0.717, 1.165) is 10.1 Å². The van der Waals surface area contributed by atoms with Crippen LogP contribution in [0, 0.1) is 0 Å². The zero-order valence-electron chi connectivity index (χ0n) is 16.1. The summed E-state index contributed by atoms with van der Waals surface area (Å²) < 4.78 is 16.5. The average molecular weight is 399 g/mol. The summed E-state index contributed by atoms with van der Waals surface area (Å²) in [7, 11) is 4.39. The molecule has 7 heteroatoms. The molecule has 3 aromatic rings. The number of carbonyl (C=O) groups excluding carboxylic acids is 2. The van der Waals surface area contributed by atoms with Crippen LogP contribution in [0.2, 0.25) is 0 Å². The topological polar surface area (TPSA) is 73.9 Å². The van der Waals surface area contributed by atoms with Crippen LogP contribution in [0.5, 0.6) is 11.5 Å². The molecule has 0 aliphatic carbocycles. The van der Waals surface area contributed by atoms with E-state index in [1.54, 1.807) is 33.3 Å². The van der Waals surface area contributed by atoms with Gasteiger partial charge in [0.15, 0.2) is 16.9 Å². The molecule has 6 nitrogen and oxygen atoms in total. The molecule has 1 atom stereocenters. The van der Waals surface area contributed by atoms with Crippen molar-refractivity contribution < 1.29 is 23.8 Å². The molecule has 1 N–H and O–H groups in total. The van der Waals surface area contributed by atoms with Gasteiger partial charge in [-0.3, -0.25) is 9.59 Å². The van der Waals surface area contributed by atoms with Crippen LogP contribution >= 0.6 is 11.3 Å². The van der Waals surface area contributed by atoms with Crippen LogP contribution < -0.4 is 14.8 Å². The van der Waals surface area contributed by atoms with Gasteiger partial charge < -0.3 is 19.5 Å². The molecule has 0 saturated heterocycles. The number of benzene rings is 2. The first-order valence-corrected chi connectivity index (χ1v) is 9.36. The van der Waals surface area contributed by atoms with Crippen LogP contribution in [0.1, 0.15) is 11.8 Å². The molecule has 3 rings (SSSR count). The predicted octanol–water partition coefficient (Wildman–Crippen LogP) is 3.99. The minimum absolute atomic E-state index is 0.462. The number of ether oxygens (including phenoxy) is 3. The van der Waals surface area contributed by atoms with Gasteiger partial charge in [0.25, 0.3) is 0 Å². The van der Waals surface area contributed by atoms with E-state index in [9.17, 15) is 9.59 Å². The van der Waals surface area contributed by atoms with Crippen molar-refractivity contribution in [3.63, 3.8) is 0 Å². The van der Waals surface area contributed by atoms with Crippen LogP contribution in [-0.2, 0) is 19.7 Å². The number of anilines is 1. The smallest absolute Gasteiger partial charge is 0.326 e. The van der Waals surface area contributed by atoms with E-state index in [-0.39, 0.29) is 0 Å². The summed E-state index contributed by atoms with van der Waals surface area (Å²) in [5.74, 6) is 0.0622. The minimum atomic E-state index is -1.51. The molecule has 28 heavy (non-hydrogen) atoms. The molecule has 2 aromatic carbocycles. The van der Waals surface area contributed by atoms with Gasteiger partial charge in [-0.25, -0.2) is 0 Å². The molecule has 146 valence electrons. The Morgan fingerprint density at radius 3 is 2.21 bits per heavy atom. The Morgan fingerprint density at radius 2 is 1.61 bits per heavy atom. The van der Waals surface area contributed by atoms with Gasteiger partial charge >= 0.3 is 5.97 Å². The van der Waals surface area contributed by atoms with Gasteiger partial charge in [0.2, 0.25) is 5.91 Å². The van der Waals surface area contributed by atoms with Gasteiger partial charge in [-0.15, -0.1) is 11.3 Å². The highest BCUT2D eigenvalue weighted by Gasteiger charge is 2.45. The van der Waals surface area contributed by atoms with E-state index in [1.807, 2.05) is 36.4 Å². The number of amides is 1. The normalized spacial score (nSPS) is 12.9. The largest absolute Gasteiger partial charge is 0.493 e. The molecule has 0 aliphatic heterocycles. The van der Waals surface area contributed by atoms with Crippen LogP contribution in [0.25, 0.3) is 10.1 Å². The van der Waals surface area contributed by atoms with Crippen molar-refractivity contribution in [3.8, 4) is 11.5 Å². The first-order valence-electron chi connectivity index (χ1n) is 8.55. The van der Waals surface area contributed by atoms with Crippen LogP contribution in [-0.4, -0.2) is 33.2 Å². The number of rotatable bonds is 6. The third-order valence-electron chi connectivity index (χ3n) is 4.59. The molecular formula is C21H21NO5S. The summed E-state index contributed by atoms with van der Waals surface area (Å²) in [4.78, 5) is 26.3. The molecule has 0 aliphatic rings. The number of methoxy groups -OCH3 is 3. The molecule has 0 radical (unpaired) electrons. The average Bonchev–Trinajstić information content (AvgIpc) is 3.15. The second-order valence-electron chi connectivity index (χ2n) is 6.29. The van der Waals surface area contributed by atoms with Gasteiger partial charge in [0.05, 0.1) is 21.3 Å². The lowest BCUT2D eigenvalue weighted by Crippen LogP contribution is -2.44. The Balaban J connectivity index is 2.08. The fourth-order valence-corrected chi connectivity index (χ4v) is 4.10. The van der Waals surface area contributed by atoms with E-state index in [1.165, 1.54) is 18.4 Å². The zero-order chi connectivity index (χ0) is 20.3. The van der Waals surface area contributed by atoms with Crippen molar-refractivity contribution in [2.75, 3.05) is 26.6 Å². The molecule has 1 unspecified atom stereocenters. The van der Waals surface area contributed by atoms with Gasteiger partial charge in [-0.05, 0) is 36.6 Å². The van der Waals surface area contributed by atoms with Crippen LogP contribution in [0.4, 0.5) is 5.69 Å². The Bertz CT molecular complexity index is 973. The molecule has 1 heterocycles. The number of thiophene rings is 1. The van der Waals surface area contributed by atoms with E-state index in [4.69, 9.17) is 14.2 Å². The maximum Gasteiger partial charge on any atom is 0.326 e. The molecule has 0 bridgehead atoms. The summed E-state index contributed by atoms with van der Waals surface area (Å²) in [6, 6.07) is 14.4. The van der Waals surface area contributed by atoms with Crippen molar-refractivity contribution in [2.45, 2.75) is 12.3 Å². The quantitative estimate of drug-likeness (QED) is 0.501. The third kappa shape index (κ3) is 3.41. The second-order valence-corrected chi connectivity index (χ2v) is 7.38. The summed E-state index contributed by atoms with van der Waals surface area (Å²) in [5.41, 5.74) is -0.901. The zero-order valence-corrected chi connectivity index (χ0v) is 16.9. The van der Waals surface area contributed by atoms with Crippen molar-refractivity contribution in [2.24, 2.45) is 0 Å². The molecule has 1 aromatic heterocycles. The van der Waals surface area contributed by atoms with Gasteiger partial charge in [-0.1, -0.05) is 18.2 Å². The van der Waals surface area contributed by atoms with Crippen LogP contribution in [0.15, 0.2) is 48.5 Å². The molecule has 0 spiro atoms.